The third-order valence-corrected chi connectivity index (χ3v) is 16.3. The lowest BCUT2D eigenvalue weighted by Gasteiger charge is -2.29. The Kier molecular flexibility index (Phi) is 15.5. The second-order valence-electron chi connectivity index (χ2n) is 14.5. The van der Waals surface area contributed by atoms with Crippen LogP contribution in [0.15, 0.2) is 24.3 Å². The highest BCUT2D eigenvalue weighted by Crippen LogP contribution is 2.48. The van der Waals surface area contributed by atoms with Crippen LogP contribution in [0.2, 0.25) is 0 Å². The zero-order chi connectivity index (χ0) is 41.6. The van der Waals surface area contributed by atoms with E-state index in [0.29, 0.717) is 103 Å². The number of benzene rings is 2. The summed E-state index contributed by atoms with van der Waals surface area (Å²) in [5, 5.41) is 6.16. The van der Waals surface area contributed by atoms with Crippen LogP contribution in [0.5, 0.6) is 23.0 Å². The first-order chi connectivity index (χ1) is 27.8. The van der Waals surface area contributed by atoms with Crippen molar-refractivity contribution in [2.24, 2.45) is 0 Å². The Morgan fingerprint density at radius 3 is 1.57 bits per heavy atom. The van der Waals surface area contributed by atoms with Gasteiger partial charge in [-0.05, 0) is 69.1 Å². The average Bonchev–Trinajstić information content (AvgIpc) is 3.84. The van der Waals surface area contributed by atoms with Crippen LogP contribution in [0.1, 0.15) is 65.7 Å². The number of anilines is 2. The summed E-state index contributed by atoms with van der Waals surface area (Å²) in [5.41, 5.74) is 1.34. The molecule has 2 N–H and O–H groups in total. The molecule has 17 nitrogen and oxygen atoms in total. The van der Waals surface area contributed by atoms with Gasteiger partial charge in [-0.2, -0.15) is 0 Å². The summed E-state index contributed by atoms with van der Waals surface area (Å²) in [6, 6.07) is 5.42. The predicted molar refractivity (Wildman–Crippen MR) is 222 cm³/mol. The Labute approximate surface area is 350 Å². The SMILES string of the molecule is COc1cc2c(cc1OCCCP(=O)(CCCOc1cc3c(cc1OC)C(=O)N1CCC[C@H]1C(OS(=O)[O-])N3)CCCS(C)=S)NC(OS(=O)[O-])[C@@H]1CCCN1C2=O. The molecule has 0 spiro atoms. The molecule has 7 atom stereocenters. The molecule has 5 unspecified atom stereocenters. The van der Waals surface area contributed by atoms with Gasteiger partial charge in [0, 0.05) is 43.7 Å². The smallest absolute Gasteiger partial charge is 0.256 e. The molecule has 6 rings (SSSR count). The minimum absolute atomic E-state index is 0.197. The molecule has 0 radical (unpaired) electrons. The highest BCUT2D eigenvalue weighted by atomic mass is 32.8. The van der Waals surface area contributed by atoms with Gasteiger partial charge in [-0.25, -0.2) is 8.42 Å². The first-order valence-electron chi connectivity index (χ1n) is 19.1. The van der Waals surface area contributed by atoms with Crippen molar-refractivity contribution in [2.45, 2.75) is 69.5 Å². The summed E-state index contributed by atoms with van der Waals surface area (Å²) in [6.45, 7) is 1.34. The molecule has 2 saturated heterocycles. The van der Waals surface area contributed by atoms with Crippen LogP contribution in [0.25, 0.3) is 0 Å². The maximum Gasteiger partial charge on any atom is 0.256 e. The van der Waals surface area contributed by atoms with Crippen molar-refractivity contribution in [1.29, 1.82) is 0 Å². The highest BCUT2D eigenvalue weighted by Gasteiger charge is 2.42. The van der Waals surface area contributed by atoms with Crippen LogP contribution in [0.3, 0.4) is 0 Å². The molecule has 2 aromatic carbocycles. The van der Waals surface area contributed by atoms with E-state index >= 15 is 0 Å². The van der Waals surface area contributed by atoms with Gasteiger partial charge in [0.1, 0.15) is 0 Å². The lowest BCUT2D eigenvalue weighted by molar-refractivity contribution is 0.0623. The fourth-order valence-electron chi connectivity index (χ4n) is 8.09. The van der Waals surface area contributed by atoms with Gasteiger partial charge in [0.05, 0.1) is 91.9 Å². The number of ether oxygens (including phenoxy) is 4. The van der Waals surface area contributed by atoms with E-state index in [4.69, 9.17) is 38.5 Å². The van der Waals surface area contributed by atoms with Gasteiger partial charge in [-0.15, -0.1) is 9.45 Å². The second kappa shape index (κ2) is 20.1. The summed E-state index contributed by atoms with van der Waals surface area (Å²) in [7, 11) is -0.00743. The van der Waals surface area contributed by atoms with E-state index in [1.165, 1.54) is 14.2 Å². The van der Waals surface area contributed by atoms with Gasteiger partial charge < -0.3 is 53.1 Å². The molecule has 2 amide bonds. The summed E-state index contributed by atoms with van der Waals surface area (Å²) in [4.78, 5) is 30.2. The topological polar surface area (TPSA) is 217 Å². The van der Waals surface area contributed by atoms with Crippen molar-refractivity contribution < 1.29 is 59.0 Å². The normalized spacial score (nSPS) is 23.7. The second-order valence-corrected chi connectivity index (χ2v) is 22.4. The van der Waals surface area contributed by atoms with Crippen LogP contribution in [-0.2, 0) is 56.3 Å². The Balaban J connectivity index is 1.09. The number of nitrogens with zero attached hydrogens (tertiary/aromatic N) is 2. The Bertz CT molecular complexity index is 1840. The number of hydrogen-bond donors (Lipinski definition) is 2. The predicted octanol–water partition coefficient (Wildman–Crippen LogP) is 3.74. The number of methoxy groups -OCH3 is 2. The van der Waals surface area contributed by atoms with Crippen LogP contribution in [0, 0.1) is 0 Å². The van der Waals surface area contributed by atoms with E-state index in [1.807, 2.05) is 6.26 Å². The quantitative estimate of drug-likeness (QED) is 0.110. The minimum atomic E-state index is -2.81. The largest absolute Gasteiger partial charge is 0.750 e. The molecule has 2 fully saturated rings. The molecule has 0 saturated carbocycles. The van der Waals surface area contributed by atoms with E-state index in [0.717, 1.165) is 25.0 Å². The first-order valence-corrected chi connectivity index (χ1v) is 26.0. The molecule has 4 heterocycles. The molecule has 2 aromatic rings. The van der Waals surface area contributed by atoms with Gasteiger partial charge in [0.2, 0.25) is 0 Å². The average molecular weight is 905 g/mol. The third-order valence-electron chi connectivity index (χ3n) is 10.8. The van der Waals surface area contributed by atoms with Gasteiger partial charge >= 0.3 is 0 Å². The summed E-state index contributed by atoms with van der Waals surface area (Å²) >= 11 is -0.226. The van der Waals surface area contributed by atoms with Crippen molar-refractivity contribution >= 4 is 73.7 Å². The molecular weight excluding hydrogens is 856 g/mol. The fraction of sp³-hybridized carbons (Fsp3) is 0.611. The molecule has 4 aliphatic heterocycles. The zero-order valence-electron chi connectivity index (χ0n) is 32.5. The van der Waals surface area contributed by atoms with Crippen molar-refractivity contribution in [1.82, 2.24) is 9.80 Å². The van der Waals surface area contributed by atoms with Crippen molar-refractivity contribution in [3.05, 3.63) is 35.4 Å². The zero-order valence-corrected chi connectivity index (χ0v) is 36.7. The maximum absolute atomic E-state index is 14.4. The number of carbonyl (C=O) groups excluding carboxylic acids is 2. The standard InChI is InChI=1S/C36H51N4O13PS4/c1-48-29-19-23-25(37-33(52-57(44)45)27-9-4-11-39(27)35(23)41)21-31(29)50-13-6-15-54(43,17-8-18-56(3)55)16-7-14-51-32-22-26-24(20-30(32)49-2)36(42)40-12-5-10-28(40)34(38-26)53-58(46)47/h19-22,27-28,33-34,37-38H,4-18H2,1-3H3,(H,44,45)(H,46,47)/p-2/t27-,28-,33?,34?,54?,56?/m0/s1. The number of nitrogens with one attached hydrogen (secondary N) is 2. The monoisotopic (exact) mass is 904 g/mol. The van der Waals surface area contributed by atoms with Crippen molar-refractivity contribution in [3.63, 3.8) is 0 Å². The van der Waals surface area contributed by atoms with E-state index < -0.39 is 54.4 Å². The minimum Gasteiger partial charge on any atom is -0.750 e. The molecule has 58 heavy (non-hydrogen) atoms. The fourth-order valence-corrected chi connectivity index (χ4v) is 12.7. The van der Waals surface area contributed by atoms with E-state index in [-0.39, 0.29) is 34.5 Å². The molecule has 22 heteroatoms. The molecule has 0 aliphatic carbocycles. The Morgan fingerprint density at radius 2 is 1.17 bits per heavy atom. The van der Waals surface area contributed by atoms with Crippen LogP contribution in [0.4, 0.5) is 11.4 Å². The van der Waals surface area contributed by atoms with Gasteiger partial charge in [-0.3, -0.25) is 18.0 Å². The lowest BCUT2D eigenvalue weighted by atomic mass is 10.1. The molecule has 0 aromatic heterocycles. The Morgan fingerprint density at radius 1 is 0.741 bits per heavy atom. The molecular formula is C36H49N4O13PS4-2. The third kappa shape index (κ3) is 10.7. The van der Waals surface area contributed by atoms with Crippen molar-refractivity contribution in [2.75, 3.05) is 81.7 Å². The number of amides is 2. The summed E-state index contributed by atoms with van der Waals surface area (Å²) in [5.74, 6) is 1.58. The Hall–Kier alpha value is -2.88. The summed E-state index contributed by atoms with van der Waals surface area (Å²) in [6.07, 6.45) is 5.61. The number of fused-ring (bicyclic) bond motifs is 4. The van der Waals surface area contributed by atoms with Gasteiger partial charge in [0.25, 0.3) is 11.8 Å². The molecule has 322 valence electrons. The number of rotatable bonds is 20. The van der Waals surface area contributed by atoms with Crippen LogP contribution >= 0.6 is 7.14 Å². The summed E-state index contributed by atoms with van der Waals surface area (Å²) < 4.78 is 94.2. The molecule has 4 aliphatic rings. The van der Waals surface area contributed by atoms with E-state index in [1.54, 1.807) is 34.1 Å². The first kappa shape index (κ1) is 44.7. The molecule has 0 bridgehead atoms. The van der Waals surface area contributed by atoms with Crippen LogP contribution < -0.4 is 29.6 Å². The van der Waals surface area contributed by atoms with Gasteiger partial charge in [0.15, 0.2) is 35.5 Å². The number of carbonyl (C=O) groups is 2. The lowest BCUT2D eigenvalue weighted by Crippen LogP contribution is -2.45. The number of hydrogen-bond acceptors (Lipinski definition) is 16. The van der Waals surface area contributed by atoms with Crippen LogP contribution in [-0.4, -0.2) is 135 Å². The van der Waals surface area contributed by atoms with E-state index in [2.05, 4.69) is 10.6 Å². The highest BCUT2D eigenvalue weighted by molar-refractivity contribution is 8.28. The van der Waals surface area contributed by atoms with E-state index in [9.17, 15) is 31.7 Å². The van der Waals surface area contributed by atoms with Gasteiger partial charge in [-0.1, -0.05) is 11.2 Å². The maximum atomic E-state index is 14.4. The van der Waals surface area contributed by atoms with Crippen molar-refractivity contribution in [3.8, 4) is 23.0 Å².